The van der Waals surface area contributed by atoms with Gasteiger partial charge < -0.3 is 14.9 Å². The fourth-order valence-corrected chi connectivity index (χ4v) is 4.47. The zero-order valence-corrected chi connectivity index (χ0v) is 23.0. The molecule has 1 aromatic carbocycles. The summed E-state index contributed by atoms with van der Waals surface area (Å²) in [6, 6.07) is 6.03. The van der Waals surface area contributed by atoms with Crippen LogP contribution in [0.1, 0.15) is 52.0 Å². The van der Waals surface area contributed by atoms with E-state index in [0.717, 1.165) is 23.0 Å². The minimum Gasteiger partial charge on any atom is -0.469 e. The number of hydrogen-bond acceptors (Lipinski definition) is 7. The maximum absolute atomic E-state index is 13.7. The summed E-state index contributed by atoms with van der Waals surface area (Å²) in [5, 5.41) is 20.7. The number of hydrogen-bond donors (Lipinski definition) is 2. The summed E-state index contributed by atoms with van der Waals surface area (Å²) in [7, 11) is -0.902. The number of ether oxygens (including phenoxy) is 1. The lowest BCUT2D eigenvalue weighted by molar-refractivity contribution is -0.143. The fraction of sp³-hybridized carbons (Fsp3) is 0.481. The molecule has 1 aliphatic heterocycles. The van der Waals surface area contributed by atoms with Gasteiger partial charge in [-0.2, -0.15) is 0 Å². The molecule has 0 fully saturated rings. The van der Waals surface area contributed by atoms with Crippen LogP contribution in [0.25, 0.3) is 5.57 Å². The molecule has 8 nitrogen and oxygen atoms in total. The molecule has 37 heavy (non-hydrogen) atoms. The summed E-state index contributed by atoms with van der Waals surface area (Å²) in [5.74, 6) is -0.752. The van der Waals surface area contributed by atoms with E-state index >= 15 is 0 Å². The molecule has 1 aliphatic rings. The minimum absolute atomic E-state index is 0.0839. The van der Waals surface area contributed by atoms with Crippen molar-refractivity contribution in [3.8, 4) is 0 Å². The molecule has 0 radical (unpaired) electrons. The van der Waals surface area contributed by atoms with Gasteiger partial charge in [0.25, 0.3) is 0 Å². The number of halogens is 1. The van der Waals surface area contributed by atoms with Gasteiger partial charge in [-0.05, 0) is 47.6 Å². The van der Waals surface area contributed by atoms with Crippen LogP contribution in [0, 0.1) is 11.7 Å². The smallest absolute Gasteiger partial charge is 0.308 e. The van der Waals surface area contributed by atoms with Crippen LogP contribution in [0.3, 0.4) is 0 Å². The van der Waals surface area contributed by atoms with Crippen molar-refractivity contribution in [1.82, 2.24) is 4.31 Å². The van der Waals surface area contributed by atoms with Crippen LogP contribution in [0.4, 0.5) is 4.39 Å². The Morgan fingerprint density at radius 2 is 1.86 bits per heavy atom. The summed E-state index contributed by atoms with van der Waals surface area (Å²) in [6.07, 6.45) is 2.73. The first-order valence-electron chi connectivity index (χ1n) is 12.1. The van der Waals surface area contributed by atoms with Gasteiger partial charge in [0.05, 0.1) is 37.7 Å². The molecule has 0 aromatic heterocycles. The van der Waals surface area contributed by atoms with Gasteiger partial charge >= 0.3 is 5.97 Å². The van der Waals surface area contributed by atoms with E-state index in [2.05, 4.69) is 4.74 Å². The number of methoxy groups -OCH3 is 1. The summed E-state index contributed by atoms with van der Waals surface area (Å²) in [5.41, 5.74) is 3.62. The molecular weight excluding hydrogens is 499 g/mol. The molecule has 0 bridgehead atoms. The number of aliphatic hydroxyl groups excluding tert-OH is 2. The molecule has 2 rings (SSSR count). The monoisotopic (exact) mass is 536 g/mol. The van der Waals surface area contributed by atoms with Gasteiger partial charge in [0.15, 0.2) is 0 Å². The van der Waals surface area contributed by atoms with Gasteiger partial charge in [-0.25, -0.2) is 17.8 Å². The molecule has 2 unspecified atom stereocenters. The number of benzene rings is 1. The van der Waals surface area contributed by atoms with Gasteiger partial charge in [0.1, 0.15) is 11.6 Å². The molecule has 0 aliphatic carbocycles. The van der Waals surface area contributed by atoms with Crippen molar-refractivity contribution in [3.05, 3.63) is 64.8 Å². The SMILES string of the molecule is CCC1=C(N(C)S(C)(=O)=O)N=C(C(C)C)C(/C=C/C(O)CC(O)CC(=O)OC)=C(c2ccc(F)cc2)C1. The number of esters is 1. The van der Waals surface area contributed by atoms with Gasteiger partial charge in [-0.3, -0.25) is 9.10 Å². The average molecular weight is 537 g/mol. The second-order valence-electron chi connectivity index (χ2n) is 9.34. The Hall–Kier alpha value is -2.82. The Morgan fingerprint density at radius 3 is 2.38 bits per heavy atom. The molecule has 0 saturated heterocycles. The fourth-order valence-electron chi connectivity index (χ4n) is 3.99. The minimum atomic E-state index is -3.59. The number of nitrogens with zero attached hydrogens (tertiary/aromatic N) is 2. The van der Waals surface area contributed by atoms with Gasteiger partial charge in [0, 0.05) is 19.0 Å². The maximum Gasteiger partial charge on any atom is 0.308 e. The van der Waals surface area contributed by atoms with Gasteiger partial charge in [-0.1, -0.05) is 45.1 Å². The Bertz CT molecular complexity index is 1200. The summed E-state index contributed by atoms with van der Waals surface area (Å²) < 4.78 is 44.3. The molecule has 0 amide bonds. The normalized spacial score (nSPS) is 16.6. The molecule has 10 heteroatoms. The zero-order chi connectivity index (χ0) is 27.9. The number of allylic oxidation sites excluding steroid dienone is 4. The van der Waals surface area contributed by atoms with Crippen molar-refractivity contribution in [1.29, 1.82) is 0 Å². The highest BCUT2D eigenvalue weighted by Crippen LogP contribution is 2.36. The van der Waals surface area contributed by atoms with E-state index in [4.69, 9.17) is 4.99 Å². The van der Waals surface area contributed by atoms with Crippen LogP contribution in [-0.2, 0) is 19.6 Å². The lowest BCUT2D eigenvalue weighted by atomic mass is 9.88. The molecule has 2 atom stereocenters. The Balaban J connectivity index is 2.66. The largest absolute Gasteiger partial charge is 0.469 e. The van der Waals surface area contributed by atoms with Crippen molar-refractivity contribution >= 4 is 27.3 Å². The zero-order valence-electron chi connectivity index (χ0n) is 22.2. The van der Waals surface area contributed by atoms with Crippen LogP contribution < -0.4 is 0 Å². The highest BCUT2D eigenvalue weighted by atomic mass is 32.2. The first kappa shape index (κ1) is 30.4. The molecule has 1 aromatic rings. The second-order valence-corrected chi connectivity index (χ2v) is 11.3. The van der Waals surface area contributed by atoms with E-state index in [-0.39, 0.29) is 24.6 Å². The average Bonchev–Trinajstić information content (AvgIpc) is 2.98. The predicted molar refractivity (Wildman–Crippen MR) is 143 cm³/mol. The van der Waals surface area contributed by atoms with E-state index in [1.165, 1.54) is 36.7 Å². The van der Waals surface area contributed by atoms with Crippen LogP contribution in [0.5, 0.6) is 0 Å². The van der Waals surface area contributed by atoms with Crippen molar-refractivity contribution in [3.63, 3.8) is 0 Å². The highest BCUT2D eigenvalue weighted by molar-refractivity contribution is 7.88. The highest BCUT2D eigenvalue weighted by Gasteiger charge is 2.27. The summed E-state index contributed by atoms with van der Waals surface area (Å²) >= 11 is 0. The van der Waals surface area contributed by atoms with E-state index in [0.29, 0.717) is 29.9 Å². The lowest BCUT2D eigenvalue weighted by Crippen LogP contribution is -2.26. The molecular formula is C27H37FN2O6S. The molecule has 1 heterocycles. The van der Waals surface area contributed by atoms with Crippen LogP contribution in [0.2, 0.25) is 0 Å². The topological polar surface area (TPSA) is 117 Å². The molecule has 0 saturated carbocycles. The van der Waals surface area contributed by atoms with E-state index < -0.39 is 28.2 Å². The Morgan fingerprint density at radius 1 is 1.24 bits per heavy atom. The number of aliphatic hydroxyl groups is 2. The second kappa shape index (κ2) is 13.1. The van der Waals surface area contributed by atoms with Crippen molar-refractivity contribution < 1.29 is 32.6 Å². The van der Waals surface area contributed by atoms with Crippen LogP contribution >= 0.6 is 0 Å². The van der Waals surface area contributed by atoms with E-state index in [1.807, 2.05) is 20.8 Å². The van der Waals surface area contributed by atoms with Crippen LogP contribution in [0.15, 0.2) is 58.4 Å². The summed E-state index contributed by atoms with van der Waals surface area (Å²) in [6.45, 7) is 5.78. The van der Waals surface area contributed by atoms with E-state index in [1.54, 1.807) is 18.2 Å². The Labute approximate surface area is 218 Å². The van der Waals surface area contributed by atoms with Crippen LogP contribution in [-0.4, -0.2) is 67.2 Å². The third-order valence-corrected chi connectivity index (χ3v) is 7.29. The maximum atomic E-state index is 13.7. The number of rotatable bonds is 11. The predicted octanol–water partition coefficient (Wildman–Crippen LogP) is 3.82. The quantitative estimate of drug-likeness (QED) is 0.415. The number of carbonyl (C=O) groups excluding carboxylic acids is 1. The third-order valence-electron chi connectivity index (χ3n) is 6.12. The van der Waals surface area contributed by atoms with Gasteiger partial charge in [0.2, 0.25) is 10.0 Å². The summed E-state index contributed by atoms with van der Waals surface area (Å²) in [4.78, 5) is 16.2. The standard InChI is InChI=1S/C27H37FN2O6S/c1-7-18-14-24(19-8-10-20(28)11-9-19)23(13-12-21(31)15-22(32)16-25(33)36-5)26(17(2)3)29-27(18)30(4)37(6,34)35/h8-13,17,21-22,31-32H,7,14-16H2,1-6H3/b13-12+. The van der Waals surface area contributed by atoms with Crippen molar-refractivity contribution in [2.75, 3.05) is 20.4 Å². The molecule has 0 spiro atoms. The first-order chi connectivity index (χ1) is 17.3. The Kier molecular flexibility index (Phi) is 10.8. The molecule has 204 valence electrons. The van der Waals surface area contributed by atoms with Gasteiger partial charge in [-0.15, -0.1) is 0 Å². The lowest BCUT2D eigenvalue weighted by Gasteiger charge is -2.21. The number of sulfonamides is 1. The van der Waals surface area contributed by atoms with Crippen molar-refractivity contribution in [2.45, 2.75) is 58.7 Å². The van der Waals surface area contributed by atoms with Crippen molar-refractivity contribution in [2.24, 2.45) is 10.9 Å². The number of aliphatic imine (C=N–C) groups is 1. The molecule has 2 N–H and O–H groups in total. The van der Waals surface area contributed by atoms with E-state index in [9.17, 15) is 27.8 Å². The number of carbonyl (C=O) groups is 1. The third kappa shape index (κ3) is 8.34. The first-order valence-corrected chi connectivity index (χ1v) is 14.0.